The van der Waals surface area contributed by atoms with Crippen molar-refractivity contribution in [3.8, 4) is 0 Å². The fourth-order valence-corrected chi connectivity index (χ4v) is 2.09. The number of hydrogen-bond acceptors (Lipinski definition) is 2. The first-order chi connectivity index (χ1) is 7.70. The van der Waals surface area contributed by atoms with Crippen LogP contribution in [0.2, 0.25) is 0 Å². The lowest BCUT2D eigenvalue weighted by Crippen LogP contribution is -2.36. The second-order valence-electron chi connectivity index (χ2n) is 6.07. The Morgan fingerprint density at radius 2 is 1.82 bits per heavy atom. The fourth-order valence-electron chi connectivity index (χ4n) is 2.09. The summed E-state index contributed by atoms with van der Waals surface area (Å²) in [7, 11) is 0. The topological polar surface area (TPSA) is 52.0 Å². The third-order valence-electron chi connectivity index (χ3n) is 3.12. The molecular weight excluding hydrogens is 208 g/mol. The van der Waals surface area contributed by atoms with E-state index in [2.05, 4.69) is 39.0 Å². The molecule has 1 unspecified atom stereocenters. The normalized spacial score (nSPS) is 14.1. The SMILES string of the molecule is Cc1ccc(C(C)C)cc1C(N)CC(C)(C)N. The summed E-state index contributed by atoms with van der Waals surface area (Å²) < 4.78 is 0. The zero-order chi connectivity index (χ0) is 13.2. The molecule has 1 aromatic rings. The van der Waals surface area contributed by atoms with Crippen molar-refractivity contribution in [1.29, 1.82) is 0 Å². The first-order valence-corrected chi connectivity index (χ1v) is 6.35. The zero-order valence-electron chi connectivity index (χ0n) is 11.7. The standard InChI is InChI=1S/C15H26N2/c1-10(2)12-7-6-11(3)13(8-12)14(16)9-15(4,5)17/h6-8,10,14H,9,16-17H2,1-5H3. The minimum absolute atomic E-state index is 0.0219. The Morgan fingerprint density at radius 3 is 2.29 bits per heavy atom. The van der Waals surface area contributed by atoms with Crippen LogP contribution in [0, 0.1) is 6.92 Å². The molecule has 0 saturated carbocycles. The Hall–Kier alpha value is -0.860. The van der Waals surface area contributed by atoms with E-state index >= 15 is 0 Å². The predicted molar refractivity (Wildman–Crippen MR) is 75.1 cm³/mol. The predicted octanol–water partition coefficient (Wildman–Crippen LogP) is 3.25. The number of nitrogens with two attached hydrogens (primary N) is 2. The Morgan fingerprint density at radius 1 is 1.24 bits per heavy atom. The first kappa shape index (κ1) is 14.2. The second-order valence-corrected chi connectivity index (χ2v) is 6.07. The van der Waals surface area contributed by atoms with Crippen molar-refractivity contribution in [2.45, 2.75) is 58.5 Å². The average Bonchev–Trinajstić information content (AvgIpc) is 2.14. The minimum Gasteiger partial charge on any atom is -0.325 e. The van der Waals surface area contributed by atoms with Gasteiger partial charge in [-0.05, 0) is 49.8 Å². The van der Waals surface area contributed by atoms with Gasteiger partial charge in [-0.1, -0.05) is 32.0 Å². The van der Waals surface area contributed by atoms with E-state index in [0.29, 0.717) is 5.92 Å². The highest BCUT2D eigenvalue weighted by molar-refractivity contribution is 5.35. The maximum Gasteiger partial charge on any atom is 0.0314 e. The summed E-state index contributed by atoms with van der Waals surface area (Å²) in [5.74, 6) is 0.535. The van der Waals surface area contributed by atoms with Gasteiger partial charge < -0.3 is 11.5 Å². The lowest BCUT2D eigenvalue weighted by Gasteiger charge is -2.25. The van der Waals surface area contributed by atoms with E-state index in [1.807, 2.05) is 13.8 Å². The molecule has 2 heteroatoms. The lowest BCUT2D eigenvalue weighted by molar-refractivity contribution is 0.428. The molecule has 1 atom stereocenters. The van der Waals surface area contributed by atoms with Gasteiger partial charge >= 0.3 is 0 Å². The molecule has 2 nitrogen and oxygen atoms in total. The van der Waals surface area contributed by atoms with Crippen LogP contribution >= 0.6 is 0 Å². The molecule has 0 spiro atoms. The van der Waals surface area contributed by atoms with E-state index < -0.39 is 0 Å². The summed E-state index contributed by atoms with van der Waals surface area (Å²) in [4.78, 5) is 0. The van der Waals surface area contributed by atoms with Crippen molar-refractivity contribution in [2.75, 3.05) is 0 Å². The van der Waals surface area contributed by atoms with Crippen LogP contribution in [-0.4, -0.2) is 5.54 Å². The monoisotopic (exact) mass is 234 g/mol. The molecule has 17 heavy (non-hydrogen) atoms. The summed E-state index contributed by atoms with van der Waals surface area (Å²) in [6.07, 6.45) is 0.801. The number of benzene rings is 1. The highest BCUT2D eigenvalue weighted by Crippen LogP contribution is 2.26. The largest absolute Gasteiger partial charge is 0.325 e. The van der Waals surface area contributed by atoms with E-state index in [0.717, 1.165) is 6.42 Å². The molecule has 0 radical (unpaired) electrons. The van der Waals surface area contributed by atoms with Gasteiger partial charge in [0.2, 0.25) is 0 Å². The fraction of sp³-hybridized carbons (Fsp3) is 0.600. The number of rotatable bonds is 4. The molecule has 0 saturated heterocycles. The van der Waals surface area contributed by atoms with Crippen molar-refractivity contribution in [3.63, 3.8) is 0 Å². The maximum absolute atomic E-state index is 6.27. The summed E-state index contributed by atoms with van der Waals surface area (Å²) in [6.45, 7) is 10.6. The van der Waals surface area contributed by atoms with Gasteiger partial charge in [0, 0.05) is 11.6 Å². The molecule has 0 amide bonds. The van der Waals surface area contributed by atoms with E-state index in [4.69, 9.17) is 11.5 Å². The molecule has 96 valence electrons. The van der Waals surface area contributed by atoms with Gasteiger partial charge in [0.15, 0.2) is 0 Å². The van der Waals surface area contributed by atoms with E-state index in [1.54, 1.807) is 0 Å². The number of hydrogen-bond donors (Lipinski definition) is 2. The van der Waals surface area contributed by atoms with Gasteiger partial charge in [-0.25, -0.2) is 0 Å². The summed E-state index contributed by atoms with van der Waals surface area (Å²) in [5, 5.41) is 0. The van der Waals surface area contributed by atoms with Crippen molar-refractivity contribution in [3.05, 3.63) is 34.9 Å². The van der Waals surface area contributed by atoms with Crippen LogP contribution < -0.4 is 11.5 Å². The van der Waals surface area contributed by atoms with Crippen molar-refractivity contribution in [2.24, 2.45) is 11.5 Å². The zero-order valence-corrected chi connectivity index (χ0v) is 11.7. The third kappa shape index (κ3) is 4.14. The van der Waals surface area contributed by atoms with Gasteiger partial charge in [0.25, 0.3) is 0 Å². The van der Waals surface area contributed by atoms with Crippen molar-refractivity contribution >= 4 is 0 Å². The second kappa shape index (κ2) is 5.19. The van der Waals surface area contributed by atoms with Crippen molar-refractivity contribution < 1.29 is 0 Å². The average molecular weight is 234 g/mol. The Bertz CT molecular complexity index is 375. The quantitative estimate of drug-likeness (QED) is 0.840. The van der Waals surface area contributed by atoms with Gasteiger partial charge in [-0.3, -0.25) is 0 Å². The molecule has 0 aliphatic carbocycles. The Labute approximate surface area is 105 Å². The summed E-state index contributed by atoms with van der Waals surface area (Å²) in [5.41, 5.74) is 15.9. The van der Waals surface area contributed by atoms with Crippen LogP contribution in [-0.2, 0) is 0 Å². The molecule has 1 aromatic carbocycles. The van der Waals surface area contributed by atoms with E-state index in [1.165, 1.54) is 16.7 Å². The molecule has 4 N–H and O–H groups in total. The molecule has 0 fully saturated rings. The summed E-state index contributed by atoms with van der Waals surface area (Å²) >= 11 is 0. The highest BCUT2D eigenvalue weighted by atomic mass is 14.7. The van der Waals surface area contributed by atoms with Crippen LogP contribution in [0.1, 0.15) is 62.8 Å². The highest BCUT2D eigenvalue weighted by Gasteiger charge is 2.19. The van der Waals surface area contributed by atoms with Crippen molar-refractivity contribution in [1.82, 2.24) is 0 Å². The van der Waals surface area contributed by atoms with Gasteiger partial charge in [0.05, 0.1) is 0 Å². The molecule has 0 aromatic heterocycles. The van der Waals surface area contributed by atoms with Crippen LogP contribution in [0.25, 0.3) is 0 Å². The van der Waals surface area contributed by atoms with Gasteiger partial charge in [0.1, 0.15) is 0 Å². The molecule has 0 bridgehead atoms. The lowest BCUT2D eigenvalue weighted by atomic mass is 9.88. The van der Waals surface area contributed by atoms with Crippen LogP contribution in [0.4, 0.5) is 0 Å². The maximum atomic E-state index is 6.27. The van der Waals surface area contributed by atoms with Crippen LogP contribution in [0.5, 0.6) is 0 Å². The molecular formula is C15H26N2. The Kier molecular flexibility index (Phi) is 4.34. The third-order valence-corrected chi connectivity index (χ3v) is 3.12. The molecule has 1 rings (SSSR count). The van der Waals surface area contributed by atoms with Crippen LogP contribution in [0.15, 0.2) is 18.2 Å². The molecule has 0 aliphatic heterocycles. The number of aryl methyl sites for hydroxylation is 1. The molecule has 0 aliphatic rings. The summed E-state index contributed by atoms with van der Waals surface area (Å²) in [6, 6.07) is 6.60. The molecule has 0 heterocycles. The van der Waals surface area contributed by atoms with Gasteiger partial charge in [-0.2, -0.15) is 0 Å². The van der Waals surface area contributed by atoms with Gasteiger partial charge in [-0.15, -0.1) is 0 Å². The van der Waals surface area contributed by atoms with E-state index in [9.17, 15) is 0 Å². The smallest absolute Gasteiger partial charge is 0.0314 e. The first-order valence-electron chi connectivity index (χ1n) is 6.35. The Balaban J connectivity index is 2.99. The minimum atomic E-state index is -0.223. The van der Waals surface area contributed by atoms with Crippen LogP contribution in [0.3, 0.4) is 0 Å². The van der Waals surface area contributed by atoms with E-state index in [-0.39, 0.29) is 11.6 Å².